The van der Waals surface area contributed by atoms with Crippen molar-refractivity contribution in [2.75, 3.05) is 0 Å². The number of pyridine rings is 1. The lowest BCUT2D eigenvalue weighted by Gasteiger charge is -2.19. The van der Waals surface area contributed by atoms with Crippen molar-refractivity contribution in [3.8, 4) is 33.6 Å². The van der Waals surface area contributed by atoms with Crippen molar-refractivity contribution in [2.24, 2.45) is 0 Å². The van der Waals surface area contributed by atoms with E-state index in [1.807, 2.05) is 72.8 Å². The number of para-hydroxylation sites is 1. The van der Waals surface area contributed by atoms with E-state index in [1.165, 1.54) is 5.56 Å². The third-order valence-electron chi connectivity index (χ3n) is 7.73. The van der Waals surface area contributed by atoms with Gasteiger partial charge in [-0.25, -0.2) is 14.6 Å². The van der Waals surface area contributed by atoms with Crippen molar-refractivity contribution in [2.45, 2.75) is 26.2 Å². The molecule has 0 atom stereocenters. The summed E-state index contributed by atoms with van der Waals surface area (Å²) in [5.41, 5.74) is 5.12. The van der Waals surface area contributed by atoms with Crippen LogP contribution in [0.15, 0.2) is 128 Å². The van der Waals surface area contributed by atoms with Gasteiger partial charge >= 0.3 is 11.3 Å². The summed E-state index contributed by atoms with van der Waals surface area (Å²) in [6.45, 7) is 6.59. The van der Waals surface area contributed by atoms with Crippen molar-refractivity contribution in [3.63, 3.8) is 0 Å². The molecular formula is C37H27NO4. The molecule has 204 valence electrons. The van der Waals surface area contributed by atoms with Gasteiger partial charge in [-0.05, 0) is 69.8 Å². The monoisotopic (exact) mass is 549 g/mol. The molecule has 0 saturated carbocycles. The number of nitrogens with zero attached hydrogens (tertiary/aromatic N) is 1. The lowest BCUT2D eigenvalue weighted by molar-refractivity contribution is 0.563. The van der Waals surface area contributed by atoms with Crippen LogP contribution in [0.25, 0.3) is 66.4 Å². The Morgan fingerprint density at radius 3 is 2.14 bits per heavy atom. The van der Waals surface area contributed by atoms with Gasteiger partial charge in [-0.1, -0.05) is 87.5 Å². The Morgan fingerprint density at radius 1 is 0.548 bits per heavy atom. The Hall–Kier alpha value is -5.29. The fourth-order valence-corrected chi connectivity index (χ4v) is 5.43. The van der Waals surface area contributed by atoms with Crippen LogP contribution < -0.4 is 11.3 Å². The van der Waals surface area contributed by atoms with Crippen molar-refractivity contribution in [1.82, 2.24) is 4.98 Å². The molecule has 5 nitrogen and oxygen atoms in total. The highest BCUT2D eigenvalue weighted by atomic mass is 16.4. The summed E-state index contributed by atoms with van der Waals surface area (Å²) in [5.74, 6) is 0. The molecule has 0 fully saturated rings. The Balaban J connectivity index is 1.32. The second-order valence-electron chi connectivity index (χ2n) is 11.6. The van der Waals surface area contributed by atoms with Gasteiger partial charge in [-0.2, -0.15) is 0 Å². The molecule has 42 heavy (non-hydrogen) atoms. The summed E-state index contributed by atoms with van der Waals surface area (Å²) < 4.78 is 11.3. The topological polar surface area (TPSA) is 73.3 Å². The molecule has 5 heteroatoms. The maximum atomic E-state index is 13.2. The normalized spacial score (nSPS) is 11.9. The third-order valence-corrected chi connectivity index (χ3v) is 7.73. The molecule has 7 rings (SSSR count). The minimum absolute atomic E-state index is 0.0294. The smallest absolute Gasteiger partial charge is 0.345 e. The van der Waals surface area contributed by atoms with Gasteiger partial charge in [0.25, 0.3) is 0 Å². The van der Waals surface area contributed by atoms with Crippen LogP contribution in [0, 0.1) is 0 Å². The Morgan fingerprint density at radius 2 is 1.29 bits per heavy atom. The van der Waals surface area contributed by atoms with Crippen LogP contribution in [0.3, 0.4) is 0 Å². The van der Waals surface area contributed by atoms with E-state index < -0.39 is 11.3 Å². The highest BCUT2D eigenvalue weighted by Gasteiger charge is 2.16. The quantitative estimate of drug-likeness (QED) is 0.163. The van der Waals surface area contributed by atoms with Gasteiger partial charge in [0.2, 0.25) is 0 Å². The van der Waals surface area contributed by atoms with E-state index in [-0.39, 0.29) is 5.41 Å². The van der Waals surface area contributed by atoms with E-state index in [0.717, 1.165) is 32.7 Å². The SMILES string of the molecule is CC(C)(C)c1ccc2c(ccc3oc(=O)c(-c4cccc(-c5cccc(-c6cc7ccccc7oc6=O)n5)c4)cc32)c1. The third kappa shape index (κ3) is 4.49. The highest BCUT2D eigenvalue weighted by molar-refractivity contribution is 6.06. The molecule has 0 bridgehead atoms. The summed E-state index contributed by atoms with van der Waals surface area (Å²) in [6.07, 6.45) is 0. The van der Waals surface area contributed by atoms with Gasteiger partial charge < -0.3 is 8.83 Å². The molecule has 0 aliphatic heterocycles. The number of aromatic nitrogens is 1. The lowest BCUT2D eigenvalue weighted by atomic mass is 9.85. The largest absolute Gasteiger partial charge is 0.422 e. The zero-order chi connectivity index (χ0) is 29.0. The number of hydrogen-bond donors (Lipinski definition) is 0. The molecule has 0 saturated heterocycles. The van der Waals surface area contributed by atoms with E-state index in [4.69, 9.17) is 13.8 Å². The number of fused-ring (bicyclic) bond motifs is 4. The highest BCUT2D eigenvalue weighted by Crippen LogP contribution is 2.33. The predicted octanol–water partition coefficient (Wildman–Crippen LogP) is 8.75. The molecule has 3 aromatic heterocycles. The van der Waals surface area contributed by atoms with Crippen LogP contribution in [-0.2, 0) is 5.41 Å². The standard InChI is InChI=1S/C37H27NO4/c1-37(2,3)26-15-16-27-23(19-26)14-17-34-29(27)21-28(35(39)42-34)22-9-6-10-24(18-22)31-11-7-12-32(38-31)30-20-25-8-4-5-13-33(25)41-36(30)40/h4-21H,1-3H3. The average molecular weight is 550 g/mol. The van der Waals surface area contributed by atoms with Crippen LogP contribution in [-0.4, -0.2) is 4.98 Å². The molecular weight excluding hydrogens is 522 g/mol. The molecule has 0 unspecified atom stereocenters. The van der Waals surface area contributed by atoms with Crippen LogP contribution in [0.5, 0.6) is 0 Å². The summed E-state index contributed by atoms with van der Waals surface area (Å²) in [5, 5.41) is 3.84. The van der Waals surface area contributed by atoms with Crippen LogP contribution >= 0.6 is 0 Å². The summed E-state index contributed by atoms with van der Waals surface area (Å²) in [4.78, 5) is 30.7. The van der Waals surface area contributed by atoms with Crippen LogP contribution in [0.2, 0.25) is 0 Å². The van der Waals surface area contributed by atoms with Crippen molar-refractivity contribution in [1.29, 1.82) is 0 Å². The summed E-state index contributed by atoms with van der Waals surface area (Å²) in [6, 6.07) is 34.6. The number of hydrogen-bond acceptors (Lipinski definition) is 5. The Labute approximate surface area is 241 Å². The maximum Gasteiger partial charge on any atom is 0.345 e. The first-order valence-electron chi connectivity index (χ1n) is 13.9. The first-order chi connectivity index (χ1) is 20.2. The molecule has 7 aromatic rings. The van der Waals surface area contributed by atoms with E-state index in [0.29, 0.717) is 33.7 Å². The van der Waals surface area contributed by atoms with Gasteiger partial charge in [0.1, 0.15) is 11.2 Å². The average Bonchev–Trinajstić information content (AvgIpc) is 2.99. The summed E-state index contributed by atoms with van der Waals surface area (Å²) >= 11 is 0. The van der Waals surface area contributed by atoms with Crippen molar-refractivity contribution in [3.05, 3.63) is 136 Å². The minimum Gasteiger partial charge on any atom is -0.422 e. The molecule has 3 heterocycles. The van der Waals surface area contributed by atoms with E-state index in [2.05, 4.69) is 39.0 Å². The zero-order valence-electron chi connectivity index (χ0n) is 23.5. The van der Waals surface area contributed by atoms with E-state index >= 15 is 0 Å². The number of benzene rings is 4. The molecule has 0 radical (unpaired) electrons. The first kappa shape index (κ1) is 25.7. The maximum absolute atomic E-state index is 13.2. The van der Waals surface area contributed by atoms with Gasteiger partial charge in [0, 0.05) is 16.3 Å². The van der Waals surface area contributed by atoms with Gasteiger partial charge in [-0.15, -0.1) is 0 Å². The fraction of sp³-hybridized carbons (Fsp3) is 0.108. The molecule has 0 N–H and O–H groups in total. The van der Waals surface area contributed by atoms with E-state index in [1.54, 1.807) is 18.2 Å². The van der Waals surface area contributed by atoms with Gasteiger partial charge in [0.15, 0.2) is 0 Å². The summed E-state index contributed by atoms with van der Waals surface area (Å²) in [7, 11) is 0. The van der Waals surface area contributed by atoms with Crippen LogP contribution in [0.1, 0.15) is 26.3 Å². The molecule has 0 aliphatic carbocycles. The second kappa shape index (κ2) is 9.67. The van der Waals surface area contributed by atoms with Crippen LogP contribution in [0.4, 0.5) is 0 Å². The van der Waals surface area contributed by atoms with Crippen molar-refractivity contribution >= 4 is 32.7 Å². The van der Waals surface area contributed by atoms with Crippen molar-refractivity contribution < 1.29 is 8.83 Å². The Bertz CT molecular complexity index is 2290. The fourth-order valence-electron chi connectivity index (χ4n) is 5.43. The van der Waals surface area contributed by atoms with Gasteiger partial charge in [0.05, 0.1) is 22.5 Å². The Kier molecular flexibility index (Phi) is 5.91. The molecule has 4 aromatic carbocycles. The molecule has 0 aliphatic rings. The molecule has 0 amide bonds. The number of rotatable bonds is 3. The molecule has 0 spiro atoms. The van der Waals surface area contributed by atoms with E-state index in [9.17, 15) is 9.59 Å². The predicted molar refractivity (Wildman–Crippen MR) is 169 cm³/mol. The minimum atomic E-state index is -0.442. The first-order valence-corrected chi connectivity index (χ1v) is 13.9. The van der Waals surface area contributed by atoms with Gasteiger partial charge in [-0.3, -0.25) is 0 Å². The zero-order valence-corrected chi connectivity index (χ0v) is 23.5. The lowest BCUT2D eigenvalue weighted by Crippen LogP contribution is -2.10. The second-order valence-corrected chi connectivity index (χ2v) is 11.6.